The van der Waals surface area contributed by atoms with Crippen LogP contribution in [0.2, 0.25) is 0 Å². The lowest BCUT2D eigenvalue weighted by molar-refractivity contribution is 0.0937. The van der Waals surface area contributed by atoms with Crippen molar-refractivity contribution in [3.63, 3.8) is 0 Å². The van der Waals surface area contributed by atoms with Gasteiger partial charge in [-0.2, -0.15) is 0 Å². The number of fused-ring (bicyclic) bond motifs is 1. The van der Waals surface area contributed by atoms with Gasteiger partial charge in [0.2, 0.25) is 0 Å². The molecule has 0 aliphatic carbocycles. The SMILES string of the molecule is C=CCc1cc(C(=O)N[C@H](C)c2nc3ccccc3n2CC)cc(OC)c1OC. The van der Waals surface area contributed by atoms with Crippen molar-refractivity contribution in [3.8, 4) is 11.5 Å². The van der Waals surface area contributed by atoms with E-state index < -0.39 is 0 Å². The molecule has 2 aromatic carbocycles. The predicted octanol–water partition coefficient (Wildman–Crippen LogP) is 4.29. The van der Waals surface area contributed by atoms with Crippen molar-refractivity contribution in [1.29, 1.82) is 0 Å². The molecule has 1 N–H and O–H groups in total. The van der Waals surface area contributed by atoms with Crippen LogP contribution in [0, 0.1) is 0 Å². The number of carbonyl (C=O) groups excluding carboxylic acids is 1. The Morgan fingerprint density at radius 2 is 2.03 bits per heavy atom. The van der Waals surface area contributed by atoms with E-state index in [-0.39, 0.29) is 11.9 Å². The Labute approximate surface area is 171 Å². The normalized spacial score (nSPS) is 11.9. The molecule has 0 radical (unpaired) electrons. The average molecular weight is 393 g/mol. The van der Waals surface area contributed by atoms with Crippen LogP contribution in [0.3, 0.4) is 0 Å². The number of aromatic nitrogens is 2. The molecule has 29 heavy (non-hydrogen) atoms. The molecule has 0 bridgehead atoms. The Morgan fingerprint density at radius 1 is 1.28 bits per heavy atom. The number of ether oxygens (including phenoxy) is 2. The minimum atomic E-state index is -0.259. The second-order valence-electron chi connectivity index (χ2n) is 6.76. The lowest BCUT2D eigenvalue weighted by Gasteiger charge is -2.17. The maximum atomic E-state index is 13.0. The molecular formula is C23H27N3O3. The largest absolute Gasteiger partial charge is 0.493 e. The van der Waals surface area contributed by atoms with E-state index in [0.29, 0.717) is 23.5 Å². The second-order valence-corrected chi connectivity index (χ2v) is 6.76. The summed E-state index contributed by atoms with van der Waals surface area (Å²) in [6.45, 7) is 8.57. The Kier molecular flexibility index (Phi) is 6.22. The van der Waals surface area contributed by atoms with E-state index in [1.807, 2.05) is 37.3 Å². The summed E-state index contributed by atoms with van der Waals surface area (Å²) in [6.07, 6.45) is 2.34. The second kappa shape index (κ2) is 8.82. The van der Waals surface area contributed by atoms with Crippen LogP contribution < -0.4 is 14.8 Å². The molecule has 1 heterocycles. The molecule has 1 atom stereocenters. The third-order valence-corrected chi connectivity index (χ3v) is 4.92. The first-order valence-corrected chi connectivity index (χ1v) is 9.65. The van der Waals surface area contributed by atoms with Gasteiger partial charge >= 0.3 is 0 Å². The lowest BCUT2D eigenvalue weighted by Crippen LogP contribution is -2.28. The molecule has 6 nitrogen and oxygen atoms in total. The molecule has 0 fully saturated rings. The number of nitrogens with zero attached hydrogens (tertiary/aromatic N) is 2. The number of benzene rings is 2. The van der Waals surface area contributed by atoms with Gasteiger partial charge in [-0.05, 0) is 44.5 Å². The number of nitrogens with one attached hydrogen (secondary N) is 1. The number of methoxy groups -OCH3 is 2. The summed E-state index contributed by atoms with van der Waals surface area (Å²) in [6, 6.07) is 11.2. The molecule has 3 aromatic rings. The van der Waals surface area contributed by atoms with Crippen LogP contribution in [0.1, 0.15) is 41.6 Å². The van der Waals surface area contributed by atoms with E-state index in [4.69, 9.17) is 14.5 Å². The Bertz CT molecular complexity index is 1040. The highest BCUT2D eigenvalue weighted by Crippen LogP contribution is 2.33. The van der Waals surface area contributed by atoms with Gasteiger partial charge in [-0.3, -0.25) is 4.79 Å². The van der Waals surface area contributed by atoms with Crippen molar-refractivity contribution in [1.82, 2.24) is 14.9 Å². The van der Waals surface area contributed by atoms with E-state index in [2.05, 4.69) is 23.4 Å². The summed E-state index contributed by atoms with van der Waals surface area (Å²) in [5, 5.41) is 3.06. The fourth-order valence-electron chi connectivity index (χ4n) is 3.58. The first kappa shape index (κ1) is 20.5. The highest BCUT2D eigenvalue weighted by atomic mass is 16.5. The summed E-state index contributed by atoms with van der Waals surface area (Å²) >= 11 is 0. The summed E-state index contributed by atoms with van der Waals surface area (Å²) in [5.74, 6) is 1.77. The van der Waals surface area contributed by atoms with E-state index in [0.717, 1.165) is 29.0 Å². The number of rotatable bonds is 8. The molecule has 0 saturated heterocycles. The zero-order valence-corrected chi connectivity index (χ0v) is 17.4. The average Bonchev–Trinajstić information content (AvgIpc) is 3.12. The molecule has 152 valence electrons. The Hall–Kier alpha value is -3.28. The Balaban J connectivity index is 1.92. The minimum absolute atomic E-state index is 0.196. The summed E-state index contributed by atoms with van der Waals surface area (Å²) in [5.41, 5.74) is 3.33. The smallest absolute Gasteiger partial charge is 0.252 e. The van der Waals surface area contributed by atoms with Crippen LogP contribution in [0.4, 0.5) is 0 Å². The number of allylic oxidation sites excluding steroid dienone is 1. The highest BCUT2D eigenvalue weighted by molar-refractivity contribution is 5.95. The number of hydrogen-bond donors (Lipinski definition) is 1. The van der Waals surface area contributed by atoms with Gasteiger partial charge in [-0.1, -0.05) is 18.2 Å². The van der Waals surface area contributed by atoms with E-state index in [9.17, 15) is 4.79 Å². The lowest BCUT2D eigenvalue weighted by atomic mass is 10.0. The first-order chi connectivity index (χ1) is 14.0. The number of imidazole rings is 1. The van der Waals surface area contributed by atoms with Crippen LogP contribution in [0.5, 0.6) is 11.5 Å². The fraction of sp³-hybridized carbons (Fsp3) is 0.304. The summed E-state index contributed by atoms with van der Waals surface area (Å²) in [7, 11) is 3.14. The number of carbonyl (C=O) groups is 1. The van der Waals surface area contributed by atoms with E-state index >= 15 is 0 Å². The molecule has 0 spiro atoms. The number of amides is 1. The molecule has 0 saturated carbocycles. The number of aryl methyl sites for hydroxylation is 1. The number of para-hydroxylation sites is 2. The summed E-state index contributed by atoms with van der Waals surface area (Å²) in [4.78, 5) is 17.7. The third-order valence-electron chi connectivity index (χ3n) is 4.92. The van der Waals surface area contributed by atoms with Crippen LogP contribution in [-0.4, -0.2) is 29.7 Å². The number of hydrogen-bond acceptors (Lipinski definition) is 4. The predicted molar refractivity (Wildman–Crippen MR) is 115 cm³/mol. The molecule has 1 amide bonds. The van der Waals surface area contributed by atoms with Crippen molar-refractivity contribution in [2.45, 2.75) is 32.9 Å². The van der Waals surface area contributed by atoms with Crippen molar-refractivity contribution in [2.24, 2.45) is 0 Å². The van der Waals surface area contributed by atoms with Gasteiger partial charge in [0.25, 0.3) is 5.91 Å². The van der Waals surface area contributed by atoms with Gasteiger partial charge in [-0.25, -0.2) is 4.98 Å². The highest BCUT2D eigenvalue weighted by Gasteiger charge is 2.20. The van der Waals surface area contributed by atoms with Gasteiger partial charge < -0.3 is 19.4 Å². The topological polar surface area (TPSA) is 65.4 Å². The third kappa shape index (κ3) is 3.97. The minimum Gasteiger partial charge on any atom is -0.493 e. The summed E-state index contributed by atoms with van der Waals surface area (Å²) < 4.78 is 13.0. The maximum absolute atomic E-state index is 13.0. The quantitative estimate of drug-likeness (QED) is 0.580. The first-order valence-electron chi connectivity index (χ1n) is 9.65. The van der Waals surface area contributed by atoms with Crippen LogP contribution >= 0.6 is 0 Å². The van der Waals surface area contributed by atoms with Crippen molar-refractivity contribution in [2.75, 3.05) is 14.2 Å². The van der Waals surface area contributed by atoms with Crippen LogP contribution in [0.25, 0.3) is 11.0 Å². The van der Waals surface area contributed by atoms with Crippen molar-refractivity contribution >= 4 is 16.9 Å². The molecule has 0 aliphatic heterocycles. The molecule has 0 aliphatic rings. The Morgan fingerprint density at radius 3 is 2.69 bits per heavy atom. The monoisotopic (exact) mass is 393 g/mol. The van der Waals surface area contributed by atoms with Crippen LogP contribution in [0.15, 0.2) is 49.1 Å². The molecule has 1 aromatic heterocycles. The maximum Gasteiger partial charge on any atom is 0.252 e. The van der Waals surface area contributed by atoms with Crippen molar-refractivity contribution < 1.29 is 14.3 Å². The van der Waals surface area contributed by atoms with E-state index in [1.54, 1.807) is 26.4 Å². The van der Waals surface area contributed by atoms with Gasteiger partial charge in [0.1, 0.15) is 5.82 Å². The standard InChI is InChI=1S/C23H27N3O3/c1-6-10-16-13-17(14-20(28-4)21(16)29-5)23(27)24-15(3)22-25-18-11-8-9-12-19(18)26(22)7-2/h6,8-9,11-15H,1,7,10H2,2-5H3,(H,24,27)/t15-/m1/s1. The van der Waals surface area contributed by atoms with Gasteiger partial charge in [0, 0.05) is 17.7 Å². The van der Waals surface area contributed by atoms with E-state index in [1.165, 1.54) is 0 Å². The zero-order valence-electron chi connectivity index (χ0n) is 17.4. The van der Waals surface area contributed by atoms with Gasteiger partial charge in [0.05, 0.1) is 31.3 Å². The zero-order chi connectivity index (χ0) is 21.0. The van der Waals surface area contributed by atoms with Gasteiger partial charge in [0.15, 0.2) is 11.5 Å². The molecule has 0 unspecified atom stereocenters. The van der Waals surface area contributed by atoms with Crippen molar-refractivity contribution in [3.05, 3.63) is 66.0 Å². The molecule has 6 heteroatoms. The molecule has 3 rings (SSSR count). The van der Waals surface area contributed by atoms with Gasteiger partial charge in [-0.15, -0.1) is 6.58 Å². The fourth-order valence-corrected chi connectivity index (χ4v) is 3.58. The van der Waals surface area contributed by atoms with Crippen LogP contribution in [-0.2, 0) is 13.0 Å². The molecular weight excluding hydrogens is 366 g/mol.